The summed E-state index contributed by atoms with van der Waals surface area (Å²) in [6.45, 7) is 4.40. The van der Waals surface area contributed by atoms with Crippen LogP contribution < -0.4 is 10.5 Å². The first kappa shape index (κ1) is 21.4. The third-order valence-corrected chi connectivity index (χ3v) is 4.58. The topological polar surface area (TPSA) is 119 Å². The lowest BCUT2D eigenvalue weighted by atomic mass is 10.1. The van der Waals surface area contributed by atoms with Crippen molar-refractivity contribution in [1.82, 2.24) is 14.5 Å². The molecule has 0 aliphatic carbocycles. The van der Waals surface area contributed by atoms with Gasteiger partial charge in [-0.25, -0.2) is 14.8 Å². The van der Waals surface area contributed by atoms with Gasteiger partial charge in [0.25, 0.3) is 11.7 Å². The molecule has 0 unspecified atom stereocenters. The maximum absolute atomic E-state index is 12.8. The molecule has 0 radical (unpaired) electrons. The number of hydrogen-bond acceptors (Lipinski definition) is 7. The number of benzene rings is 1. The highest BCUT2D eigenvalue weighted by atomic mass is 17.2. The molecule has 9 nitrogen and oxygen atoms in total. The van der Waals surface area contributed by atoms with Crippen molar-refractivity contribution in [3.63, 3.8) is 0 Å². The second-order valence-electron chi connectivity index (χ2n) is 6.55. The van der Waals surface area contributed by atoms with Gasteiger partial charge in [0, 0.05) is 12.2 Å². The zero-order valence-corrected chi connectivity index (χ0v) is 17.2. The molecule has 2 heterocycles. The Morgan fingerprint density at radius 3 is 2.50 bits per heavy atom. The predicted molar refractivity (Wildman–Crippen MR) is 109 cm³/mol. The van der Waals surface area contributed by atoms with Crippen molar-refractivity contribution in [3.8, 4) is 5.88 Å². The number of fused-ring (bicyclic) bond motifs is 1. The summed E-state index contributed by atoms with van der Waals surface area (Å²) >= 11 is 0. The van der Waals surface area contributed by atoms with Gasteiger partial charge in [-0.1, -0.05) is 37.3 Å². The number of aromatic nitrogens is 3. The van der Waals surface area contributed by atoms with Crippen molar-refractivity contribution in [2.75, 3.05) is 20.3 Å². The van der Waals surface area contributed by atoms with Crippen LogP contribution in [0.2, 0.25) is 0 Å². The lowest BCUT2D eigenvalue weighted by molar-refractivity contribution is -0.275. The monoisotopic (exact) mass is 412 g/mol. The Morgan fingerprint density at radius 2 is 1.87 bits per heavy atom. The van der Waals surface area contributed by atoms with Crippen LogP contribution in [0.3, 0.4) is 0 Å². The van der Waals surface area contributed by atoms with Crippen LogP contribution in [0.25, 0.3) is 11.0 Å². The molecule has 0 fully saturated rings. The van der Waals surface area contributed by atoms with Crippen LogP contribution in [-0.2, 0) is 27.5 Å². The predicted octanol–water partition coefficient (Wildman–Crippen LogP) is 1.98. The van der Waals surface area contributed by atoms with Crippen LogP contribution in [0.5, 0.6) is 5.88 Å². The first-order chi connectivity index (χ1) is 14.5. The molecule has 3 rings (SSSR count). The number of carbonyl (C=O) groups is 2. The number of ketones is 1. The zero-order valence-electron chi connectivity index (χ0n) is 17.2. The summed E-state index contributed by atoms with van der Waals surface area (Å²) in [7, 11) is 1.40. The van der Waals surface area contributed by atoms with Gasteiger partial charge in [-0.2, -0.15) is 4.98 Å². The molecule has 0 aliphatic rings. The molecule has 0 bridgehead atoms. The van der Waals surface area contributed by atoms with Crippen LogP contribution in [0.1, 0.15) is 34.4 Å². The summed E-state index contributed by atoms with van der Waals surface area (Å²) in [5, 5.41) is 0.370. The van der Waals surface area contributed by atoms with Gasteiger partial charge >= 0.3 is 0 Å². The van der Waals surface area contributed by atoms with Crippen molar-refractivity contribution in [2.45, 2.75) is 26.8 Å². The molecule has 0 aliphatic heterocycles. The molecule has 1 amide bonds. The molecule has 158 valence electrons. The van der Waals surface area contributed by atoms with Gasteiger partial charge < -0.3 is 15.0 Å². The SMILES string of the molecule is CCc1c(C(=O)C(N)=O)c2c(OCCOOC)nc(C)nc2n1Cc1ccccc1. The quantitative estimate of drug-likeness (QED) is 0.178. The molecule has 9 heteroatoms. The Balaban J connectivity index is 2.23. The second kappa shape index (κ2) is 9.47. The van der Waals surface area contributed by atoms with E-state index in [-0.39, 0.29) is 24.7 Å². The third kappa shape index (κ3) is 4.32. The van der Waals surface area contributed by atoms with Crippen LogP contribution >= 0.6 is 0 Å². The largest absolute Gasteiger partial charge is 0.474 e. The highest BCUT2D eigenvalue weighted by Crippen LogP contribution is 2.33. The van der Waals surface area contributed by atoms with E-state index < -0.39 is 11.7 Å². The van der Waals surface area contributed by atoms with Crippen LogP contribution in [-0.4, -0.2) is 46.5 Å². The molecule has 0 saturated carbocycles. The number of hydrogen-bond donors (Lipinski definition) is 1. The van der Waals surface area contributed by atoms with E-state index in [0.717, 1.165) is 5.56 Å². The molecule has 0 atom stereocenters. The van der Waals surface area contributed by atoms with Gasteiger partial charge in [0.15, 0.2) is 0 Å². The minimum absolute atomic E-state index is 0.134. The molecule has 0 saturated heterocycles. The van der Waals surface area contributed by atoms with Crippen LogP contribution in [0, 0.1) is 6.92 Å². The van der Waals surface area contributed by atoms with Crippen molar-refractivity contribution in [2.24, 2.45) is 5.73 Å². The van der Waals surface area contributed by atoms with Crippen molar-refractivity contribution in [1.29, 1.82) is 0 Å². The van der Waals surface area contributed by atoms with E-state index in [1.165, 1.54) is 7.11 Å². The fourth-order valence-corrected chi connectivity index (χ4v) is 3.39. The lowest BCUT2D eigenvalue weighted by Gasteiger charge is -2.10. The van der Waals surface area contributed by atoms with E-state index >= 15 is 0 Å². The molecule has 30 heavy (non-hydrogen) atoms. The molecular formula is C21H24N4O5. The van der Waals surface area contributed by atoms with E-state index in [1.54, 1.807) is 6.92 Å². The summed E-state index contributed by atoms with van der Waals surface area (Å²) in [6.07, 6.45) is 0.489. The fourth-order valence-electron chi connectivity index (χ4n) is 3.39. The first-order valence-corrected chi connectivity index (χ1v) is 9.54. The average molecular weight is 412 g/mol. The van der Waals surface area contributed by atoms with Gasteiger partial charge in [0.2, 0.25) is 5.88 Å². The summed E-state index contributed by atoms with van der Waals surface area (Å²) in [6, 6.07) is 9.77. The highest BCUT2D eigenvalue weighted by molar-refractivity contribution is 6.45. The van der Waals surface area contributed by atoms with E-state index in [0.29, 0.717) is 35.5 Å². The highest BCUT2D eigenvalue weighted by Gasteiger charge is 2.29. The number of carbonyl (C=O) groups excluding carboxylic acids is 2. The summed E-state index contributed by atoms with van der Waals surface area (Å²) in [5.41, 5.74) is 7.71. The number of rotatable bonds is 10. The van der Waals surface area contributed by atoms with Crippen molar-refractivity contribution < 1.29 is 24.1 Å². The van der Waals surface area contributed by atoms with Gasteiger partial charge in [-0.05, 0) is 18.9 Å². The standard InChI is InChI=1S/C21H24N4O5/c1-4-15-16(18(26)19(22)27)17-20(25(15)12-14-8-6-5-7-9-14)23-13(2)24-21(17)29-10-11-30-28-3/h5-9H,4,10-12H2,1-3H3,(H2,22,27). The van der Waals surface area contributed by atoms with Crippen molar-refractivity contribution in [3.05, 3.63) is 53.0 Å². The lowest BCUT2D eigenvalue weighted by Crippen LogP contribution is -2.24. The molecular weight excluding hydrogens is 388 g/mol. The molecule has 2 aromatic heterocycles. The Morgan fingerprint density at radius 1 is 1.13 bits per heavy atom. The molecule has 2 N–H and O–H groups in total. The van der Waals surface area contributed by atoms with E-state index in [9.17, 15) is 9.59 Å². The molecule has 3 aromatic rings. The number of ether oxygens (including phenoxy) is 1. The Bertz CT molecular complexity index is 1060. The van der Waals surface area contributed by atoms with E-state index in [4.69, 9.17) is 15.4 Å². The van der Waals surface area contributed by atoms with Crippen LogP contribution in [0.4, 0.5) is 0 Å². The number of nitrogens with two attached hydrogens (primary N) is 1. The summed E-state index contributed by atoms with van der Waals surface area (Å²) < 4.78 is 7.67. The van der Waals surface area contributed by atoms with E-state index in [2.05, 4.69) is 14.9 Å². The Labute approximate surface area is 173 Å². The normalized spacial score (nSPS) is 11.0. The minimum Gasteiger partial charge on any atom is -0.474 e. The Hall–Kier alpha value is -3.30. The molecule has 1 aromatic carbocycles. The fraction of sp³-hybridized carbons (Fsp3) is 0.333. The summed E-state index contributed by atoms with van der Waals surface area (Å²) in [4.78, 5) is 42.9. The number of aryl methyl sites for hydroxylation is 1. The van der Waals surface area contributed by atoms with Gasteiger partial charge in [-0.15, -0.1) is 0 Å². The first-order valence-electron chi connectivity index (χ1n) is 9.54. The van der Waals surface area contributed by atoms with Crippen LogP contribution in [0.15, 0.2) is 30.3 Å². The van der Waals surface area contributed by atoms with Crippen molar-refractivity contribution >= 4 is 22.7 Å². The molecule has 0 spiro atoms. The second-order valence-corrected chi connectivity index (χ2v) is 6.55. The zero-order chi connectivity index (χ0) is 21.7. The number of primary amides is 1. The maximum Gasteiger partial charge on any atom is 0.289 e. The number of Topliss-reactive ketones (excluding diaryl/α,β-unsaturated/α-hetero) is 1. The minimum atomic E-state index is -1.04. The van der Waals surface area contributed by atoms with Gasteiger partial charge in [-0.3, -0.25) is 9.59 Å². The third-order valence-electron chi connectivity index (χ3n) is 4.58. The Kier molecular flexibility index (Phi) is 6.76. The number of amides is 1. The number of nitrogens with zero attached hydrogens (tertiary/aromatic N) is 3. The van der Waals surface area contributed by atoms with Gasteiger partial charge in [0.1, 0.15) is 24.7 Å². The summed E-state index contributed by atoms with van der Waals surface area (Å²) in [5.74, 6) is -1.17. The van der Waals surface area contributed by atoms with Gasteiger partial charge in [0.05, 0.1) is 18.1 Å². The smallest absolute Gasteiger partial charge is 0.289 e. The average Bonchev–Trinajstić information content (AvgIpc) is 3.04. The maximum atomic E-state index is 12.8. The van der Waals surface area contributed by atoms with E-state index in [1.807, 2.05) is 41.8 Å².